The zero-order valence-corrected chi connectivity index (χ0v) is 11.0. The fraction of sp³-hybridized carbons (Fsp3) is 0.333. The second-order valence-corrected chi connectivity index (χ2v) is 4.48. The molecular formula is C15H20N2O. The normalized spacial score (nSPS) is 12.8. The van der Waals surface area contributed by atoms with Crippen LogP contribution in [-0.4, -0.2) is 25.5 Å². The van der Waals surface area contributed by atoms with E-state index in [4.69, 9.17) is 4.42 Å². The first-order chi connectivity index (χ1) is 8.81. The van der Waals surface area contributed by atoms with E-state index in [9.17, 15) is 0 Å². The lowest BCUT2D eigenvalue weighted by Crippen LogP contribution is -2.31. The second kappa shape index (κ2) is 6.38. The average Bonchev–Trinajstić information content (AvgIpc) is 2.89. The number of likely N-dealkylation sites (N-methyl/N-ethyl adjacent to an activating group) is 2. The molecule has 96 valence electrons. The van der Waals surface area contributed by atoms with Gasteiger partial charge in [-0.3, -0.25) is 4.90 Å². The van der Waals surface area contributed by atoms with E-state index in [-0.39, 0.29) is 0 Å². The van der Waals surface area contributed by atoms with Gasteiger partial charge in [0.1, 0.15) is 5.76 Å². The van der Waals surface area contributed by atoms with E-state index in [1.54, 1.807) is 6.26 Å². The Hall–Kier alpha value is -1.58. The Balaban J connectivity index is 2.09. The minimum atomic E-state index is 0.348. The van der Waals surface area contributed by atoms with Crippen LogP contribution in [0.3, 0.4) is 0 Å². The van der Waals surface area contributed by atoms with E-state index in [0.29, 0.717) is 6.04 Å². The Kier molecular flexibility index (Phi) is 4.56. The van der Waals surface area contributed by atoms with Gasteiger partial charge in [-0.15, -0.1) is 0 Å². The summed E-state index contributed by atoms with van der Waals surface area (Å²) in [5.41, 5.74) is 1.32. The highest BCUT2D eigenvalue weighted by Gasteiger charge is 2.16. The summed E-state index contributed by atoms with van der Waals surface area (Å²) in [4.78, 5) is 2.30. The van der Waals surface area contributed by atoms with Crippen molar-refractivity contribution >= 4 is 0 Å². The minimum absolute atomic E-state index is 0.348. The molecule has 1 aromatic heterocycles. The van der Waals surface area contributed by atoms with Crippen LogP contribution >= 0.6 is 0 Å². The summed E-state index contributed by atoms with van der Waals surface area (Å²) in [6.45, 7) is 1.73. The van der Waals surface area contributed by atoms with Gasteiger partial charge in [0.05, 0.1) is 12.8 Å². The highest BCUT2D eigenvalue weighted by molar-refractivity contribution is 5.19. The van der Waals surface area contributed by atoms with Crippen LogP contribution in [0.2, 0.25) is 0 Å². The Morgan fingerprint density at radius 3 is 2.56 bits per heavy atom. The molecule has 0 aliphatic carbocycles. The summed E-state index contributed by atoms with van der Waals surface area (Å²) in [6.07, 6.45) is 1.72. The van der Waals surface area contributed by atoms with E-state index in [0.717, 1.165) is 18.8 Å². The third kappa shape index (κ3) is 3.22. The molecule has 0 saturated heterocycles. The first-order valence-electron chi connectivity index (χ1n) is 6.23. The summed E-state index contributed by atoms with van der Waals surface area (Å²) in [7, 11) is 4.11. The molecule has 2 rings (SSSR count). The molecular weight excluding hydrogens is 224 g/mol. The van der Waals surface area contributed by atoms with Crippen molar-refractivity contribution in [3.05, 3.63) is 60.1 Å². The molecule has 1 heterocycles. The highest BCUT2D eigenvalue weighted by atomic mass is 16.3. The quantitative estimate of drug-likeness (QED) is 0.847. The topological polar surface area (TPSA) is 28.4 Å². The van der Waals surface area contributed by atoms with Gasteiger partial charge in [0, 0.05) is 12.6 Å². The van der Waals surface area contributed by atoms with Crippen molar-refractivity contribution in [1.82, 2.24) is 10.2 Å². The maximum atomic E-state index is 5.41. The summed E-state index contributed by atoms with van der Waals surface area (Å²) in [5.74, 6) is 0.995. The number of hydrogen-bond acceptors (Lipinski definition) is 3. The highest BCUT2D eigenvalue weighted by Crippen LogP contribution is 2.20. The van der Waals surface area contributed by atoms with E-state index >= 15 is 0 Å². The maximum absolute atomic E-state index is 5.41. The number of rotatable bonds is 6. The van der Waals surface area contributed by atoms with Crippen molar-refractivity contribution in [1.29, 1.82) is 0 Å². The SMILES string of the molecule is CNCC(c1ccccc1)N(C)Cc1ccco1. The van der Waals surface area contributed by atoms with Crippen LogP contribution in [0.4, 0.5) is 0 Å². The number of benzene rings is 1. The van der Waals surface area contributed by atoms with Gasteiger partial charge in [-0.1, -0.05) is 30.3 Å². The molecule has 1 N–H and O–H groups in total. The standard InChI is InChI=1S/C15H20N2O/c1-16-11-15(13-7-4-3-5-8-13)17(2)12-14-9-6-10-18-14/h3-10,15-16H,11-12H2,1-2H3. The van der Waals surface area contributed by atoms with Crippen LogP contribution in [0, 0.1) is 0 Å². The molecule has 1 aromatic carbocycles. The zero-order valence-electron chi connectivity index (χ0n) is 11.0. The lowest BCUT2D eigenvalue weighted by atomic mass is 10.1. The van der Waals surface area contributed by atoms with Gasteiger partial charge in [0.15, 0.2) is 0 Å². The van der Waals surface area contributed by atoms with Crippen molar-refractivity contribution in [2.75, 3.05) is 20.6 Å². The summed E-state index contributed by atoms with van der Waals surface area (Å²) >= 11 is 0. The monoisotopic (exact) mass is 244 g/mol. The minimum Gasteiger partial charge on any atom is -0.468 e. The Labute approximate surface area is 108 Å². The molecule has 18 heavy (non-hydrogen) atoms. The van der Waals surface area contributed by atoms with Crippen LogP contribution in [0.15, 0.2) is 53.1 Å². The maximum Gasteiger partial charge on any atom is 0.117 e. The number of nitrogens with zero attached hydrogens (tertiary/aromatic N) is 1. The Bertz CT molecular complexity index is 439. The van der Waals surface area contributed by atoms with E-state index in [2.05, 4.69) is 41.5 Å². The van der Waals surface area contributed by atoms with Crippen LogP contribution in [0.5, 0.6) is 0 Å². The van der Waals surface area contributed by atoms with Crippen molar-refractivity contribution in [2.24, 2.45) is 0 Å². The third-order valence-corrected chi connectivity index (χ3v) is 3.10. The Morgan fingerprint density at radius 1 is 1.17 bits per heavy atom. The van der Waals surface area contributed by atoms with Crippen LogP contribution in [-0.2, 0) is 6.54 Å². The molecule has 3 nitrogen and oxygen atoms in total. The molecule has 0 fully saturated rings. The molecule has 1 atom stereocenters. The third-order valence-electron chi connectivity index (χ3n) is 3.10. The van der Waals surface area contributed by atoms with Gasteiger partial charge < -0.3 is 9.73 Å². The molecule has 0 bridgehead atoms. The van der Waals surface area contributed by atoms with Gasteiger partial charge in [-0.05, 0) is 31.8 Å². The molecule has 0 spiro atoms. The van der Waals surface area contributed by atoms with Gasteiger partial charge in [-0.2, -0.15) is 0 Å². The van der Waals surface area contributed by atoms with Crippen molar-refractivity contribution < 1.29 is 4.42 Å². The van der Waals surface area contributed by atoms with Gasteiger partial charge >= 0.3 is 0 Å². The van der Waals surface area contributed by atoms with Gasteiger partial charge in [0.25, 0.3) is 0 Å². The largest absolute Gasteiger partial charge is 0.468 e. The fourth-order valence-corrected chi connectivity index (χ4v) is 2.16. The van der Waals surface area contributed by atoms with Crippen LogP contribution in [0.25, 0.3) is 0 Å². The van der Waals surface area contributed by atoms with E-state index < -0.39 is 0 Å². The smallest absolute Gasteiger partial charge is 0.117 e. The zero-order chi connectivity index (χ0) is 12.8. The molecule has 3 heteroatoms. The molecule has 0 saturated carbocycles. The Morgan fingerprint density at radius 2 is 1.94 bits per heavy atom. The molecule has 2 aromatic rings. The first kappa shape index (κ1) is 12.9. The van der Waals surface area contributed by atoms with Gasteiger partial charge in [-0.25, -0.2) is 0 Å². The predicted octanol–water partition coefficient (Wildman–Crippen LogP) is 2.67. The molecule has 1 unspecified atom stereocenters. The second-order valence-electron chi connectivity index (χ2n) is 4.48. The molecule has 0 aliphatic heterocycles. The van der Waals surface area contributed by atoms with Crippen molar-refractivity contribution in [3.8, 4) is 0 Å². The van der Waals surface area contributed by atoms with Crippen LogP contribution < -0.4 is 5.32 Å². The number of nitrogens with one attached hydrogen (secondary N) is 1. The summed E-state index contributed by atoms with van der Waals surface area (Å²) in [5, 5.41) is 3.25. The van der Waals surface area contributed by atoms with Crippen molar-refractivity contribution in [3.63, 3.8) is 0 Å². The number of hydrogen-bond donors (Lipinski definition) is 1. The van der Waals surface area contributed by atoms with E-state index in [1.165, 1.54) is 5.56 Å². The predicted molar refractivity (Wildman–Crippen MR) is 73.3 cm³/mol. The molecule has 0 aliphatic rings. The molecule has 0 radical (unpaired) electrons. The molecule has 0 amide bonds. The van der Waals surface area contributed by atoms with E-state index in [1.807, 2.05) is 25.2 Å². The summed E-state index contributed by atoms with van der Waals surface area (Å²) < 4.78 is 5.41. The lowest BCUT2D eigenvalue weighted by Gasteiger charge is -2.27. The number of furan rings is 1. The average molecular weight is 244 g/mol. The first-order valence-corrected chi connectivity index (χ1v) is 6.23. The van der Waals surface area contributed by atoms with Crippen LogP contribution in [0.1, 0.15) is 17.4 Å². The summed E-state index contributed by atoms with van der Waals surface area (Å²) in [6, 6.07) is 14.8. The fourth-order valence-electron chi connectivity index (χ4n) is 2.16. The van der Waals surface area contributed by atoms with Gasteiger partial charge in [0.2, 0.25) is 0 Å². The lowest BCUT2D eigenvalue weighted by molar-refractivity contribution is 0.215. The van der Waals surface area contributed by atoms with Crippen molar-refractivity contribution in [2.45, 2.75) is 12.6 Å².